The third-order valence-corrected chi connectivity index (χ3v) is 4.14. The molecule has 118 valence electrons. The Morgan fingerprint density at radius 2 is 2.23 bits per heavy atom. The van der Waals surface area contributed by atoms with Crippen LogP contribution in [0.2, 0.25) is 0 Å². The van der Waals surface area contributed by atoms with Gasteiger partial charge in [-0.1, -0.05) is 0 Å². The molecule has 2 aromatic rings. The Labute approximate surface area is 130 Å². The number of carbonyl (C=O) groups is 1. The second-order valence-corrected chi connectivity index (χ2v) is 5.73. The summed E-state index contributed by atoms with van der Waals surface area (Å²) in [6.07, 6.45) is 8.62. The highest BCUT2D eigenvalue weighted by molar-refractivity contribution is 5.94. The van der Waals surface area contributed by atoms with Crippen LogP contribution in [0.25, 0.3) is 0 Å². The standard InChI is InChI=1S/C16H23N5O/c1-2-21-13-14(10-18-21)12-19-6-3-7-20(9-8-19)16(22)15-4-5-17-11-15/h4-5,10-11,13,17H,2-3,6-9,12H2,1H3. The Hall–Kier alpha value is -2.08. The Morgan fingerprint density at radius 3 is 2.95 bits per heavy atom. The van der Waals surface area contributed by atoms with Crippen molar-refractivity contribution in [3.8, 4) is 0 Å². The lowest BCUT2D eigenvalue weighted by molar-refractivity contribution is 0.0761. The lowest BCUT2D eigenvalue weighted by Gasteiger charge is -2.21. The number of amides is 1. The van der Waals surface area contributed by atoms with E-state index in [1.165, 1.54) is 5.56 Å². The molecule has 1 amide bonds. The fraction of sp³-hybridized carbons (Fsp3) is 0.500. The van der Waals surface area contributed by atoms with Crippen molar-refractivity contribution in [2.24, 2.45) is 0 Å². The minimum Gasteiger partial charge on any atom is -0.367 e. The fourth-order valence-electron chi connectivity index (χ4n) is 2.89. The average molecular weight is 301 g/mol. The molecule has 6 nitrogen and oxygen atoms in total. The molecule has 0 bridgehead atoms. The number of aromatic nitrogens is 3. The van der Waals surface area contributed by atoms with E-state index in [1.807, 2.05) is 21.8 Å². The molecule has 0 radical (unpaired) electrons. The van der Waals surface area contributed by atoms with Gasteiger partial charge in [0.15, 0.2) is 0 Å². The predicted octanol–water partition coefficient (Wildman–Crippen LogP) is 1.58. The van der Waals surface area contributed by atoms with Crippen molar-refractivity contribution in [2.45, 2.75) is 26.4 Å². The van der Waals surface area contributed by atoms with Crippen LogP contribution in [0.4, 0.5) is 0 Å². The van der Waals surface area contributed by atoms with Crippen molar-refractivity contribution < 1.29 is 4.79 Å². The third kappa shape index (κ3) is 3.39. The molecule has 3 rings (SSSR count). The van der Waals surface area contributed by atoms with Gasteiger partial charge in [-0.3, -0.25) is 14.4 Å². The summed E-state index contributed by atoms with van der Waals surface area (Å²) in [6, 6.07) is 1.84. The number of H-pyrrole nitrogens is 1. The highest BCUT2D eigenvalue weighted by atomic mass is 16.2. The van der Waals surface area contributed by atoms with Crippen LogP contribution >= 0.6 is 0 Å². The summed E-state index contributed by atoms with van der Waals surface area (Å²) in [6.45, 7) is 7.45. The van der Waals surface area contributed by atoms with Gasteiger partial charge in [-0.25, -0.2) is 0 Å². The molecular formula is C16H23N5O. The number of aryl methyl sites for hydroxylation is 1. The quantitative estimate of drug-likeness (QED) is 0.933. The van der Waals surface area contributed by atoms with E-state index in [9.17, 15) is 4.79 Å². The maximum absolute atomic E-state index is 12.4. The molecule has 1 N–H and O–H groups in total. The molecule has 3 heterocycles. The zero-order chi connectivity index (χ0) is 15.4. The summed E-state index contributed by atoms with van der Waals surface area (Å²) < 4.78 is 1.95. The van der Waals surface area contributed by atoms with E-state index in [0.717, 1.165) is 51.3 Å². The molecule has 0 atom stereocenters. The zero-order valence-corrected chi connectivity index (χ0v) is 13.0. The Kier molecular flexibility index (Phi) is 4.58. The van der Waals surface area contributed by atoms with Gasteiger partial charge in [0.25, 0.3) is 5.91 Å². The monoisotopic (exact) mass is 301 g/mol. The Morgan fingerprint density at radius 1 is 1.32 bits per heavy atom. The van der Waals surface area contributed by atoms with E-state index in [-0.39, 0.29) is 5.91 Å². The molecule has 0 aliphatic carbocycles. The van der Waals surface area contributed by atoms with Gasteiger partial charge in [-0.2, -0.15) is 5.10 Å². The summed E-state index contributed by atoms with van der Waals surface area (Å²) in [5.41, 5.74) is 1.99. The molecule has 2 aromatic heterocycles. The van der Waals surface area contributed by atoms with Gasteiger partial charge in [0, 0.05) is 63.4 Å². The minimum atomic E-state index is 0.127. The van der Waals surface area contributed by atoms with Gasteiger partial charge in [-0.05, 0) is 19.4 Å². The topological polar surface area (TPSA) is 57.2 Å². The maximum atomic E-state index is 12.4. The van der Waals surface area contributed by atoms with Crippen LogP contribution in [0.15, 0.2) is 30.9 Å². The SMILES string of the molecule is CCn1cc(CN2CCCN(C(=O)c3cc[nH]c3)CC2)cn1. The highest BCUT2D eigenvalue weighted by Crippen LogP contribution is 2.11. The van der Waals surface area contributed by atoms with Crippen molar-refractivity contribution in [1.29, 1.82) is 0 Å². The van der Waals surface area contributed by atoms with Crippen LogP contribution in [0.3, 0.4) is 0 Å². The first-order chi connectivity index (χ1) is 10.8. The van der Waals surface area contributed by atoms with Gasteiger partial charge in [0.2, 0.25) is 0 Å². The van der Waals surface area contributed by atoms with Crippen LogP contribution in [-0.2, 0) is 13.1 Å². The summed E-state index contributed by atoms with van der Waals surface area (Å²) in [5.74, 6) is 0.127. The summed E-state index contributed by atoms with van der Waals surface area (Å²) in [4.78, 5) is 19.7. The van der Waals surface area contributed by atoms with Crippen LogP contribution in [0.5, 0.6) is 0 Å². The molecule has 6 heteroatoms. The molecule has 1 aliphatic rings. The largest absolute Gasteiger partial charge is 0.367 e. The maximum Gasteiger partial charge on any atom is 0.255 e. The van der Waals surface area contributed by atoms with Gasteiger partial charge in [-0.15, -0.1) is 0 Å². The van der Waals surface area contributed by atoms with E-state index >= 15 is 0 Å². The van der Waals surface area contributed by atoms with Crippen molar-refractivity contribution in [3.63, 3.8) is 0 Å². The van der Waals surface area contributed by atoms with E-state index in [1.54, 1.807) is 12.4 Å². The average Bonchev–Trinajstić information content (AvgIpc) is 3.16. The number of rotatable bonds is 4. The Balaban J connectivity index is 1.56. The first-order valence-electron chi connectivity index (χ1n) is 7.92. The lowest BCUT2D eigenvalue weighted by Crippen LogP contribution is -2.34. The van der Waals surface area contributed by atoms with Gasteiger partial charge < -0.3 is 9.88 Å². The third-order valence-electron chi connectivity index (χ3n) is 4.14. The highest BCUT2D eigenvalue weighted by Gasteiger charge is 2.20. The van der Waals surface area contributed by atoms with Crippen LogP contribution in [-0.4, -0.2) is 56.7 Å². The molecule has 0 spiro atoms. The van der Waals surface area contributed by atoms with Gasteiger partial charge >= 0.3 is 0 Å². The number of aromatic amines is 1. The molecular weight excluding hydrogens is 278 g/mol. The van der Waals surface area contributed by atoms with E-state index in [2.05, 4.69) is 28.1 Å². The van der Waals surface area contributed by atoms with Crippen LogP contribution < -0.4 is 0 Å². The van der Waals surface area contributed by atoms with Crippen molar-refractivity contribution in [2.75, 3.05) is 26.2 Å². The first kappa shape index (κ1) is 14.8. The number of nitrogens with zero attached hydrogens (tertiary/aromatic N) is 4. The smallest absolute Gasteiger partial charge is 0.255 e. The van der Waals surface area contributed by atoms with Crippen molar-refractivity contribution >= 4 is 5.91 Å². The second kappa shape index (κ2) is 6.79. The molecule has 1 fully saturated rings. The van der Waals surface area contributed by atoms with E-state index in [0.29, 0.717) is 0 Å². The number of nitrogens with one attached hydrogen (secondary N) is 1. The van der Waals surface area contributed by atoms with Crippen molar-refractivity contribution in [3.05, 3.63) is 42.0 Å². The van der Waals surface area contributed by atoms with E-state index < -0.39 is 0 Å². The van der Waals surface area contributed by atoms with Gasteiger partial charge in [0.05, 0.1) is 11.8 Å². The minimum absolute atomic E-state index is 0.127. The molecule has 0 aromatic carbocycles. The zero-order valence-electron chi connectivity index (χ0n) is 13.0. The fourth-order valence-corrected chi connectivity index (χ4v) is 2.89. The molecule has 0 unspecified atom stereocenters. The normalized spacial score (nSPS) is 16.7. The lowest BCUT2D eigenvalue weighted by atomic mass is 10.3. The van der Waals surface area contributed by atoms with Crippen molar-refractivity contribution in [1.82, 2.24) is 24.6 Å². The Bertz CT molecular complexity index is 604. The summed E-state index contributed by atoms with van der Waals surface area (Å²) >= 11 is 0. The molecule has 1 saturated heterocycles. The van der Waals surface area contributed by atoms with E-state index in [4.69, 9.17) is 0 Å². The summed E-state index contributed by atoms with van der Waals surface area (Å²) in [7, 11) is 0. The molecule has 0 saturated carbocycles. The number of hydrogen-bond donors (Lipinski definition) is 1. The first-order valence-corrected chi connectivity index (χ1v) is 7.92. The van der Waals surface area contributed by atoms with Crippen LogP contribution in [0, 0.1) is 0 Å². The van der Waals surface area contributed by atoms with Crippen LogP contribution in [0.1, 0.15) is 29.3 Å². The second-order valence-electron chi connectivity index (χ2n) is 5.73. The number of carbonyl (C=O) groups excluding carboxylic acids is 1. The number of hydrogen-bond acceptors (Lipinski definition) is 3. The molecule has 22 heavy (non-hydrogen) atoms. The molecule has 1 aliphatic heterocycles. The predicted molar refractivity (Wildman–Crippen MR) is 84.5 cm³/mol. The summed E-state index contributed by atoms with van der Waals surface area (Å²) in [5, 5.41) is 4.32. The van der Waals surface area contributed by atoms with Gasteiger partial charge in [0.1, 0.15) is 0 Å².